The van der Waals surface area contributed by atoms with Crippen LogP contribution < -0.4 is 10.6 Å². The maximum atomic E-state index is 11.1. The van der Waals surface area contributed by atoms with Crippen molar-refractivity contribution in [2.75, 3.05) is 19.8 Å². The van der Waals surface area contributed by atoms with Crippen molar-refractivity contribution in [3.8, 4) is 0 Å². The number of amides is 2. The minimum absolute atomic E-state index is 0.0665. The standard InChI is InChI=1S/C9H20N2O2/c1-4-6-10-9(12)11-8(3)7-13-5-2/h8H,4-7H2,1-3H3,(H2,10,11,12). The highest BCUT2D eigenvalue weighted by atomic mass is 16.5. The van der Waals surface area contributed by atoms with E-state index in [2.05, 4.69) is 10.6 Å². The number of urea groups is 1. The molecule has 0 aliphatic heterocycles. The molecule has 13 heavy (non-hydrogen) atoms. The Morgan fingerprint density at radius 1 is 1.46 bits per heavy atom. The first-order valence-electron chi connectivity index (χ1n) is 4.82. The molecule has 4 nitrogen and oxygen atoms in total. The number of rotatable bonds is 6. The molecule has 4 heteroatoms. The molecule has 0 aliphatic rings. The van der Waals surface area contributed by atoms with Gasteiger partial charge in [0.05, 0.1) is 12.6 Å². The third-order valence-corrected chi connectivity index (χ3v) is 1.49. The molecule has 0 aromatic heterocycles. The molecule has 1 unspecified atom stereocenters. The van der Waals surface area contributed by atoms with Gasteiger partial charge in [0.25, 0.3) is 0 Å². The molecule has 0 heterocycles. The lowest BCUT2D eigenvalue weighted by Crippen LogP contribution is -2.42. The van der Waals surface area contributed by atoms with E-state index in [0.29, 0.717) is 19.8 Å². The minimum atomic E-state index is -0.117. The van der Waals surface area contributed by atoms with Gasteiger partial charge in [-0.2, -0.15) is 0 Å². The molecule has 0 fully saturated rings. The topological polar surface area (TPSA) is 50.4 Å². The van der Waals surface area contributed by atoms with Gasteiger partial charge in [-0.15, -0.1) is 0 Å². The number of hydrogen-bond donors (Lipinski definition) is 2. The summed E-state index contributed by atoms with van der Waals surface area (Å²) in [6.45, 7) is 7.83. The molecular formula is C9H20N2O2. The van der Waals surface area contributed by atoms with Crippen molar-refractivity contribution in [2.45, 2.75) is 33.2 Å². The fraction of sp³-hybridized carbons (Fsp3) is 0.889. The van der Waals surface area contributed by atoms with Crippen LogP contribution in [0.4, 0.5) is 4.79 Å². The van der Waals surface area contributed by atoms with Crippen LogP contribution in [-0.4, -0.2) is 31.8 Å². The maximum absolute atomic E-state index is 11.1. The van der Waals surface area contributed by atoms with E-state index < -0.39 is 0 Å². The molecule has 1 atom stereocenters. The highest BCUT2D eigenvalue weighted by molar-refractivity contribution is 5.74. The van der Waals surface area contributed by atoms with E-state index in [0.717, 1.165) is 6.42 Å². The number of carbonyl (C=O) groups excluding carboxylic acids is 1. The predicted octanol–water partition coefficient (Wildman–Crippen LogP) is 1.12. The first-order valence-corrected chi connectivity index (χ1v) is 4.82. The molecule has 78 valence electrons. The summed E-state index contributed by atoms with van der Waals surface area (Å²) < 4.78 is 5.16. The lowest BCUT2D eigenvalue weighted by atomic mass is 10.4. The van der Waals surface area contributed by atoms with Crippen LogP contribution in [0.1, 0.15) is 27.2 Å². The van der Waals surface area contributed by atoms with E-state index in [1.54, 1.807) is 0 Å². The highest BCUT2D eigenvalue weighted by Gasteiger charge is 2.04. The lowest BCUT2D eigenvalue weighted by Gasteiger charge is -2.13. The van der Waals surface area contributed by atoms with E-state index >= 15 is 0 Å². The number of nitrogens with one attached hydrogen (secondary N) is 2. The van der Waals surface area contributed by atoms with Crippen LogP contribution in [0.15, 0.2) is 0 Å². The second-order valence-corrected chi connectivity index (χ2v) is 2.96. The maximum Gasteiger partial charge on any atom is 0.315 e. The van der Waals surface area contributed by atoms with Crippen molar-refractivity contribution in [1.82, 2.24) is 10.6 Å². The monoisotopic (exact) mass is 188 g/mol. The van der Waals surface area contributed by atoms with Crippen molar-refractivity contribution in [1.29, 1.82) is 0 Å². The van der Waals surface area contributed by atoms with E-state index in [9.17, 15) is 4.79 Å². The zero-order valence-electron chi connectivity index (χ0n) is 8.72. The van der Waals surface area contributed by atoms with Crippen molar-refractivity contribution < 1.29 is 9.53 Å². The van der Waals surface area contributed by atoms with Gasteiger partial charge in [-0.25, -0.2) is 4.79 Å². The quantitative estimate of drug-likeness (QED) is 0.656. The molecule has 0 radical (unpaired) electrons. The molecule has 0 rings (SSSR count). The molecule has 2 N–H and O–H groups in total. The highest BCUT2D eigenvalue weighted by Crippen LogP contribution is 1.84. The molecule has 0 bridgehead atoms. The molecule has 0 saturated carbocycles. The fourth-order valence-corrected chi connectivity index (χ4v) is 0.850. The van der Waals surface area contributed by atoms with E-state index in [1.165, 1.54) is 0 Å². The van der Waals surface area contributed by atoms with Gasteiger partial charge in [-0.1, -0.05) is 6.92 Å². The molecule has 0 saturated heterocycles. The average molecular weight is 188 g/mol. The Balaban J connectivity index is 3.41. The van der Waals surface area contributed by atoms with Gasteiger partial charge in [0.2, 0.25) is 0 Å². The Kier molecular flexibility index (Phi) is 7.39. The molecule has 0 aliphatic carbocycles. The van der Waals surface area contributed by atoms with Gasteiger partial charge < -0.3 is 15.4 Å². The van der Waals surface area contributed by atoms with Gasteiger partial charge >= 0.3 is 6.03 Å². The van der Waals surface area contributed by atoms with E-state index in [1.807, 2.05) is 20.8 Å². The Hall–Kier alpha value is -0.770. The van der Waals surface area contributed by atoms with Crippen molar-refractivity contribution in [3.05, 3.63) is 0 Å². The predicted molar refractivity (Wildman–Crippen MR) is 52.8 cm³/mol. The first-order chi connectivity index (χ1) is 6.20. The summed E-state index contributed by atoms with van der Waals surface area (Å²) in [5.74, 6) is 0. The summed E-state index contributed by atoms with van der Waals surface area (Å²) in [5, 5.41) is 5.51. The lowest BCUT2D eigenvalue weighted by molar-refractivity contribution is 0.128. The van der Waals surface area contributed by atoms with Crippen LogP contribution in [0.25, 0.3) is 0 Å². The smallest absolute Gasteiger partial charge is 0.315 e. The van der Waals surface area contributed by atoms with Gasteiger partial charge in [0.1, 0.15) is 0 Å². The van der Waals surface area contributed by atoms with Crippen LogP contribution >= 0.6 is 0 Å². The molecule has 0 spiro atoms. The van der Waals surface area contributed by atoms with Crippen molar-refractivity contribution in [2.24, 2.45) is 0 Å². The zero-order valence-corrected chi connectivity index (χ0v) is 8.72. The van der Waals surface area contributed by atoms with E-state index in [-0.39, 0.29) is 12.1 Å². The van der Waals surface area contributed by atoms with Gasteiger partial charge in [0.15, 0.2) is 0 Å². The summed E-state index contributed by atoms with van der Waals surface area (Å²) in [6.07, 6.45) is 0.952. The van der Waals surface area contributed by atoms with Gasteiger partial charge in [-0.3, -0.25) is 0 Å². The van der Waals surface area contributed by atoms with Gasteiger partial charge in [0, 0.05) is 13.2 Å². The summed E-state index contributed by atoms with van der Waals surface area (Å²) in [5.41, 5.74) is 0. The second kappa shape index (κ2) is 7.86. The third kappa shape index (κ3) is 7.59. The Labute approximate surface area is 80.0 Å². The van der Waals surface area contributed by atoms with Crippen LogP contribution in [-0.2, 0) is 4.74 Å². The molecule has 0 aromatic carbocycles. The van der Waals surface area contributed by atoms with Crippen LogP contribution in [0.5, 0.6) is 0 Å². The summed E-state index contributed by atoms with van der Waals surface area (Å²) in [4.78, 5) is 11.1. The van der Waals surface area contributed by atoms with Gasteiger partial charge in [-0.05, 0) is 20.3 Å². The SMILES string of the molecule is CCCNC(=O)NC(C)COCC. The largest absolute Gasteiger partial charge is 0.380 e. The van der Waals surface area contributed by atoms with E-state index in [4.69, 9.17) is 4.74 Å². The summed E-state index contributed by atoms with van der Waals surface area (Å²) in [6, 6.07) is -0.0501. The Bertz CT molecular complexity index is 140. The Morgan fingerprint density at radius 2 is 2.15 bits per heavy atom. The van der Waals surface area contributed by atoms with Crippen LogP contribution in [0.2, 0.25) is 0 Å². The van der Waals surface area contributed by atoms with Crippen LogP contribution in [0, 0.1) is 0 Å². The molecular weight excluding hydrogens is 168 g/mol. The van der Waals surface area contributed by atoms with Crippen molar-refractivity contribution >= 4 is 6.03 Å². The number of ether oxygens (including phenoxy) is 1. The normalized spacial score (nSPS) is 12.2. The minimum Gasteiger partial charge on any atom is -0.380 e. The molecule has 0 aromatic rings. The Morgan fingerprint density at radius 3 is 2.69 bits per heavy atom. The first kappa shape index (κ1) is 12.2. The average Bonchev–Trinajstić information content (AvgIpc) is 2.11. The zero-order chi connectivity index (χ0) is 10.1. The summed E-state index contributed by atoms with van der Waals surface area (Å²) in [7, 11) is 0. The second-order valence-electron chi connectivity index (χ2n) is 2.96. The van der Waals surface area contributed by atoms with Crippen molar-refractivity contribution in [3.63, 3.8) is 0 Å². The molecule has 2 amide bonds. The summed E-state index contributed by atoms with van der Waals surface area (Å²) >= 11 is 0. The third-order valence-electron chi connectivity index (χ3n) is 1.49. The number of hydrogen-bond acceptors (Lipinski definition) is 2. The number of carbonyl (C=O) groups is 1. The fourth-order valence-electron chi connectivity index (χ4n) is 0.850. The van der Waals surface area contributed by atoms with Crippen LogP contribution in [0.3, 0.4) is 0 Å².